The summed E-state index contributed by atoms with van der Waals surface area (Å²) in [6.07, 6.45) is -4.67. The number of benzene rings is 2. The van der Waals surface area contributed by atoms with Crippen molar-refractivity contribution in [2.24, 2.45) is 0 Å². The van der Waals surface area contributed by atoms with E-state index in [1.54, 1.807) is 24.3 Å². The zero-order valence-corrected chi connectivity index (χ0v) is 20.6. The minimum absolute atomic E-state index is 0.106. The summed E-state index contributed by atoms with van der Waals surface area (Å²) in [5, 5.41) is 5.86. The van der Waals surface area contributed by atoms with Gasteiger partial charge in [-0.3, -0.25) is 9.10 Å². The Labute approximate surface area is 211 Å². The van der Waals surface area contributed by atoms with Gasteiger partial charge < -0.3 is 10.6 Å². The number of pyridine rings is 1. The van der Waals surface area contributed by atoms with E-state index >= 15 is 0 Å². The van der Waals surface area contributed by atoms with Crippen LogP contribution in [-0.2, 0) is 28.4 Å². The number of amides is 1. The minimum atomic E-state index is -4.67. The Kier molecular flexibility index (Phi) is 8.41. The highest BCUT2D eigenvalue weighted by Crippen LogP contribution is 2.31. The third-order valence-corrected chi connectivity index (χ3v) is 6.25. The van der Waals surface area contributed by atoms with Crippen LogP contribution >= 0.6 is 11.6 Å². The zero-order valence-electron chi connectivity index (χ0n) is 18.9. The summed E-state index contributed by atoms with van der Waals surface area (Å²) < 4.78 is 76.9. The van der Waals surface area contributed by atoms with E-state index < -0.39 is 40.4 Å². The lowest BCUT2D eigenvalue weighted by Crippen LogP contribution is -2.28. The van der Waals surface area contributed by atoms with Crippen molar-refractivity contribution in [3.63, 3.8) is 0 Å². The first-order chi connectivity index (χ1) is 16.9. The molecule has 0 radical (unpaired) electrons. The van der Waals surface area contributed by atoms with E-state index in [0.29, 0.717) is 10.7 Å². The van der Waals surface area contributed by atoms with Gasteiger partial charge in [0.2, 0.25) is 16.8 Å². The highest BCUT2D eigenvalue weighted by atomic mass is 35.5. The monoisotopic (exact) mass is 544 g/mol. The molecule has 192 valence electrons. The number of nitrogens with zero attached hydrogens (tertiary/aromatic N) is 2. The second kappa shape index (κ2) is 11.1. The van der Waals surface area contributed by atoms with Crippen molar-refractivity contribution in [3.05, 3.63) is 82.3 Å². The van der Waals surface area contributed by atoms with E-state index in [9.17, 15) is 30.8 Å². The van der Waals surface area contributed by atoms with Crippen molar-refractivity contribution in [3.8, 4) is 0 Å². The van der Waals surface area contributed by atoms with Crippen molar-refractivity contribution in [1.82, 2.24) is 10.3 Å². The molecule has 1 unspecified atom stereocenters. The number of hydrogen-bond donors (Lipinski definition) is 3. The number of alkyl halides is 3. The van der Waals surface area contributed by atoms with Gasteiger partial charge in [0.1, 0.15) is 17.3 Å². The average molecular weight is 545 g/mol. The van der Waals surface area contributed by atoms with Gasteiger partial charge in [-0.2, -0.15) is 13.2 Å². The summed E-state index contributed by atoms with van der Waals surface area (Å²) in [7, 11) is -1.84. The van der Waals surface area contributed by atoms with E-state index in [1.165, 1.54) is 32.2 Å². The fourth-order valence-corrected chi connectivity index (χ4v) is 3.66. The first-order valence-electron chi connectivity index (χ1n) is 10.4. The van der Waals surface area contributed by atoms with Crippen LogP contribution in [0.25, 0.3) is 0 Å². The molecule has 13 heteroatoms. The van der Waals surface area contributed by atoms with Crippen LogP contribution in [0.1, 0.15) is 29.7 Å². The molecule has 0 fully saturated rings. The fourth-order valence-electron chi connectivity index (χ4n) is 3.20. The molecular formula is C23H21ClF4N4O3S. The van der Waals surface area contributed by atoms with Crippen LogP contribution in [0.4, 0.5) is 34.8 Å². The maximum atomic E-state index is 14.4. The summed E-state index contributed by atoms with van der Waals surface area (Å²) >= 11 is 5.85. The largest absolute Gasteiger partial charge is 0.433 e. The Balaban J connectivity index is 1.79. The predicted molar refractivity (Wildman–Crippen MR) is 129 cm³/mol. The maximum absolute atomic E-state index is 14.4. The van der Waals surface area contributed by atoms with Gasteiger partial charge in [0.05, 0.1) is 11.6 Å². The number of nitrogens with one attached hydrogen (secondary N) is 2. The van der Waals surface area contributed by atoms with Crippen molar-refractivity contribution < 1.29 is 30.8 Å². The van der Waals surface area contributed by atoms with Crippen molar-refractivity contribution in [2.45, 2.75) is 25.6 Å². The Hall–Kier alpha value is -3.38. The average Bonchev–Trinajstić information content (AvgIpc) is 2.82. The van der Waals surface area contributed by atoms with Gasteiger partial charge in [0, 0.05) is 29.9 Å². The molecule has 0 aliphatic carbocycles. The first kappa shape index (κ1) is 27.2. The molecule has 0 spiro atoms. The summed E-state index contributed by atoms with van der Waals surface area (Å²) in [6.45, 7) is 1.35. The molecule has 0 saturated carbocycles. The molecule has 1 amide bonds. The van der Waals surface area contributed by atoms with Gasteiger partial charge in [-0.05, 0) is 55.0 Å². The second-order valence-corrected chi connectivity index (χ2v) is 9.26. The van der Waals surface area contributed by atoms with Crippen LogP contribution < -0.4 is 14.9 Å². The Morgan fingerprint density at radius 2 is 1.78 bits per heavy atom. The van der Waals surface area contributed by atoms with Crippen LogP contribution in [0.3, 0.4) is 0 Å². The predicted octanol–water partition coefficient (Wildman–Crippen LogP) is 5.02. The smallest absolute Gasteiger partial charge is 0.351 e. The number of carbonyl (C=O) groups excluding carboxylic acids is 1. The van der Waals surface area contributed by atoms with Crippen LogP contribution in [0.5, 0.6) is 0 Å². The quantitative estimate of drug-likeness (QED) is 0.274. The van der Waals surface area contributed by atoms with Gasteiger partial charge in [0.15, 0.2) is 0 Å². The molecule has 0 aliphatic rings. The molecule has 2 aromatic carbocycles. The maximum Gasteiger partial charge on any atom is 0.433 e. The van der Waals surface area contributed by atoms with Gasteiger partial charge in [-0.1, -0.05) is 23.7 Å². The van der Waals surface area contributed by atoms with E-state index in [0.717, 1.165) is 16.4 Å². The Bertz CT molecular complexity index is 1330. The number of thiol groups is 1. The van der Waals surface area contributed by atoms with Gasteiger partial charge in [-0.25, -0.2) is 17.8 Å². The first-order valence-corrected chi connectivity index (χ1v) is 11.9. The number of rotatable bonds is 8. The highest BCUT2D eigenvalue weighted by molar-refractivity contribution is 7.74. The number of halogens is 5. The number of hydrogen-bond acceptors (Lipinski definition) is 5. The lowest BCUT2D eigenvalue weighted by molar-refractivity contribution is -0.141. The summed E-state index contributed by atoms with van der Waals surface area (Å²) in [5.41, 5.74) is -0.277. The summed E-state index contributed by atoms with van der Waals surface area (Å²) in [4.78, 5) is 16.4. The van der Waals surface area contributed by atoms with Crippen LogP contribution in [0.2, 0.25) is 5.02 Å². The lowest BCUT2D eigenvalue weighted by Gasteiger charge is -2.18. The molecule has 1 heterocycles. The molecule has 0 bridgehead atoms. The molecule has 0 saturated heterocycles. The van der Waals surface area contributed by atoms with E-state index in [-0.39, 0.29) is 29.2 Å². The van der Waals surface area contributed by atoms with Crippen LogP contribution in [-0.4, -0.2) is 26.4 Å². The van der Waals surface area contributed by atoms with E-state index in [4.69, 9.17) is 11.6 Å². The Morgan fingerprint density at radius 1 is 1.11 bits per heavy atom. The molecule has 3 aromatic rings. The normalized spacial score (nSPS) is 12.3. The molecule has 36 heavy (non-hydrogen) atoms. The minimum Gasteiger partial charge on any atom is -0.351 e. The molecule has 7 nitrogen and oxygen atoms in total. The molecule has 0 aliphatic heterocycles. The van der Waals surface area contributed by atoms with Gasteiger partial charge in [0.25, 0.3) is 0 Å². The topological polar surface area (TPSA) is 91.4 Å². The van der Waals surface area contributed by atoms with Crippen molar-refractivity contribution in [1.29, 1.82) is 0 Å². The molecule has 1 atom stereocenters. The van der Waals surface area contributed by atoms with Gasteiger partial charge >= 0.3 is 6.18 Å². The van der Waals surface area contributed by atoms with Crippen LogP contribution in [0, 0.1) is 5.82 Å². The Morgan fingerprint density at radius 3 is 2.36 bits per heavy atom. The molecule has 3 rings (SSSR count). The second-order valence-electron chi connectivity index (χ2n) is 7.75. The highest BCUT2D eigenvalue weighted by Gasteiger charge is 2.33. The van der Waals surface area contributed by atoms with E-state index in [1.807, 2.05) is 0 Å². The SMILES string of the molecule is CC(C(=O)NCc1ccc(C(F)(F)F)nc1Nc1ccc(Cl)cc1)c1ccc(N(C)[SH](=O)=O)c(F)c1. The third kappa shape index (κ3) is 6.64. The zero-order chi connectivity index (χ0) is 26.6. The van der Waals surface area contributed by atoms with Crippen molar-refractivity contribution >= 4 is 45.6 Å². The number of anilines is 3. The molecule has 1 aromatic heterocycles. The van der Waals surface area contributed by atoms with Gasteiger partial charge in [-0.15, -0.1) is 0 Å². The third-order valence-electron chi connectivity index (χ3n) is 5.29. The van der Waals surface area contributed by atoms with E-state index in [2.05, 4.69) is 15.6 Å². The van der Waals surface area contributed by atoms with Crippen LogP contribution in [0.15, 0.2) is 54.6 Å². The summed E-state index contributed by atoms with van der Waals surface area (Å²) in [5.74, 6) is -2.29. The molecule has 2 N–H and O–H groups in total. The fraction of sp³-hybridized carbons (Fsp3) is 0.217. The lowest BCUT2D eigenvalue weighted by atomic mass is 9.99. The summed E-state index contributed by atoms with van der Waals surface area (Å²) in [6, 6.07) is 12.0. The standard InChI is InChI=1S/C23H21ClF4N4O3S/c1-13(14-3-9-19(18(25)11-14)32(2)36(34)35)22(33)29-12-15-4-10-20(23(26,27)28)31-21(15)30-17-7-5-16(24)6-8-17/h3-11,13,36H,12H2,1-2H3,(H,29,33)(H,30,31). The van der Waals surface area contributed by atoms with Crippen molar-refractivity contribution in [2.75, 3.05) is 16.7 Å². The number of aromatic nitrogens is 1. The molecular weight excluding hydrogens is 524 g/mol. The number of carbonyl (C=O) groups is 1.